The van der Waals surface area contributed by atoms with E-state index in [1.54, 1.807) is 35.2 Å². The topological polar surface area (TPSA) is 140 Å². The molecule has 1 aromatic heterocycles. The van der Waals surface area contributed by atoms with Crippen LogP contribution in [0.5, 0.6) is 11.5 Å². The number of hydrogen-bond acceptors (Lipinski definition) is 8. The van der Waals surface area contributed by atoms with Crippen molar-refractivity contribution in [2.75, 3.05) is 25.0 Å². The van der Waals surface area contributed by atoms with Gasteiger partial charge in [0.25, 0.3) is 5.91 Å². The van der Waals surface area contributed by atoms with E-state index in [0.717, 1.165) is 16.9 Å². The smallest absolute Gasteiger partial charge is 0.327 e. The lowest BCUT2D eigenvalue weighted by Crippen LogP contribution is -2.54. The molecule has 1 saturated heterocycles. The van der Waals surface area contributed by atoms with Gasteiger partial charge in [-0.2, -0.15) is 5.26 Å². The van der Waals surface area contributed by atoms with Gasteiger partial charge >= 0.3 is 6.03 Å². The van der Waals surface area contributed by atoms with E-state index in [2.05, 4.69) is 20.9 Å². The minimum Gasteiger partial charge on any atom is -0.457 e. The molecule has 4 amide bonds. The van der Waals surface area contributed by atoms with Crippen LogP contribution in [-0.2, 0) is 9.59 Å². The lowest BCUT2D eigenvalue weighted by atomic mass is 9.98. The fourth-order valence-corrected chi connectivity index (χ4v) is 7.38. The number of likely N-dealkylation sites (N-methyl/N-ethyl adjacent to an activating group) is 1. The number of benzene rings is 2. The summed E-state index contributed by atoms with van der Waals surface area (Å²) in [5, 5.41) is 19.0. The first-order valence-corrected chi connectivity index (χ1v) is 16.5. The second-order valence-corrected chi connectivity index (χ2v) is 13.6. The molecule has 0 radical (unpaired) electrons. The second-order valence-electron chi connectivity index (χ2n) is 12.5. The summed E-state index contributed by atoms with van der Waals surface area (Å²) in [5.41, 5.74) is 2.57. The van der Waals surface area contributed by atoms with Gasteiger partial charge in [-0.15, -0.1) is 0 Å². The lowest BCUT2D eigenvalue weighted by Gasteiger charge is -2.36. The summed E-state index contributed by atoms with van der Waals surface area (Å²) >= 11 is 1.33. The number of thioether (sulfide) groups is 1. The molecule has 4 heterocycles. The molecule has 3 aromatic rings. The molecular formula is C35H37N7O4S. The predicted octanol–water partition coefficient (Wildman–Crippen LogP) is 5.11. The van der Waals surface area contributed by atoms with Crippen LogP contribution in [0.25, 0.3) is 0 Å². The molecule has 3 atom stereocenters. The number of amides is 4. The van der Waals surface area contributed by atoms with Gasteiger partial charge in [0, 0.05) is 36.4 Å². The first kappa shape index (κ1) is 32.1. The predicted molar refractivity (Wildman–Crippen MR) is 180 cm³/mol. The highest BCUT2D eigenvalue weighted by atomic mass is 32.2. The maximum Gasteiger partial charge on any atom is 0.327 e. The van der Waals surface area contributed by atoms with Gasteiger partial charge in [-0.25, -0.2) is 9.78 Å². The van der Waals surface area contributed by atoms with Crippen molar-refractivity contribution in [3.05, 3.63) is 83.6 Å². The molecule has 3 aliphatic rings. The first-order valence-electron chi connectivity index (χ1n) is 15.6. The Bertz CT molecular complexity index is 1790. The largest absolute Gasteiger partial charge is 0.457 e. The zero-order valence-electron chi connectivity index (χ0n) is 26.7. The van der Waals surface area contributed by atoms with E-state index < -0.39 is 16.8 Å². The van der Waals surface area contributed by atoms with Gasteiger partial charge in [0.1, 0.15) is 33.4 Å². The van der Waals surface area contributed by atoms with Crippen LogP contribution in [0.3, 0.4) is 0 Å². The molecule has 3 aliphatic heterocycles. The molecule has 11 nitrogen and oxygen atoms in total. The van der Waals surface area contributed by atoms with Gasteiger partial charge in [0.05, 0.1) is 17.4 Å². The number of ether oxygens (including phenoxy) is 1. The standard InChI is InChI=1S/C35H37N7O4S/c1-21-17-25(46-24-10-6-5-7-11-24)12-13-26(21)42-27-14-15-38-32-28(27)29(40-34(42)45)30(47-32)31(43)39-23-9-8-16-41(20-23)33(44)22(19-36)18-35(2,3)37-4/h5-7,10-15,17-18,23,29-30,37H,8-9,16,20H2,1-4H3,(H,39,43)(H,40,45)/b22-18+/t23?,29?,30-/m1/s1. The number of aryl methyl sites for hydroxylation is 1. The Labute approximate surface area is 278 Å². The number of carbonyl (C=O) groups excluding carboxylic acids is 3. The van der Waals surface area contributed by atoms with Crippen LogP contribution in [0.4, 0.5) is 16.2 Å². The SMILES string of the molecule is CNC(C)(C)/C=C(\C#N)C(=O)N1CCCC(NC(=O)[C@@H]2Sc3nccc4c3C2NC(=O)N4c2ccc(Oc3ccccc3)cc2C)C1. The third-order valence-corrected chi connectivity index (χ3v) is 10.00. The molecule has 12 heteroatoms. The average molecular weight is 652 g/mol. The summed E-state index contributed by atoms with van der Waals surface area (Å²) < 4.78 is 5.99. The van der Waals surface area contributed by atoms with Crippen LogP contribution in [0.15, 0.2) is 77.5 Å². The van der Waals surface area contributed by atoms with E-state index in [9.17, 15) is 19.6 Å². The molecule has 2 aromatic carbocycles. The number of nitrogens with zero attached hydrogens (tertiary/aromatic N) is 4. The molecule has 47 heavy (non-hydrogen) atoms. The van der Waals surface area contributed by atoms with Crippen molar-refractivity contribution in [2.45, 2.75) is 61.5 Å². The van der Waals surface area contributed by atoms with Crippen molar-refractivity contribution in [1.29, 1.82) is 5.26 Å². The van der Waals surface area contributed by atoms with Gasteiger partial charge in [-0.3, -0.25) is 14.5 Å². The summed E-state index contributed by atoms with van der Waals surface area (Å²) in [5.74, 6) is 0.796. The van der Waals surface area contributed by atoms with Gasteiger partial charge in [0.15, 0.2) is 0 Å². The van der Waals surface area contributed by atoms with Crippen LogP contribution in [0.2, 0.25) is 0 Å². The zero-order valence-corrected chi connectivity index (χ0v) is 27.6. The molecular weight excluding hydrogens is 614 g/mol. The molecule has 2 unspecified atom stereocenters. The van der Waals surface area contributed by atoms with Crippen molar-refractivity contribution >= 4 is 41.0 Å². The fraction of sp³-hybridized carbons (Fsp3) is 0.343. The molecule has 0 aliphatic carbocycles. The van der Waals surface area contributed by atoms with E-state index >= 15 is 0 Å². The van der Waals surface area contributed by atoms with Crippen LogP contribution in [0, 0.1) is 18.3 Å². The highest BCUT2D eigenvalue weighted by Gasteiger charge is 2.47. The lowest BCUT2D eigenvalue weighted by molar-refractivity contribution is -0.129. The number of piperidine rings is 1. The minimum absolute atomic E-state index is 0.0693. The fourth-order valence-electron chi connectivity index (χ4n) is 6.14. The van der Waals surface area contributed by atoms with E-state index in [1.807, 2.05) is 75.4 Å². The van der Waals surface area contributed by atoms with Crippen LogP contribution in [-0.4, -0.2) is 64.7 Å². The Kier molecular flexibility index (Phi) is 8.94. The normalized spacial score (nSPS) is 20.6. The Hall–Kier alpha value is -4.86. The summed E-state index contributed by atoms with van der Waals surface area (Å²) in [6, 6.07) is 17.7. The number of para-hydroxylation sites is 1. The number of urea groups is 1. The number of aromatic nitrogens is 1. The van der Waals surface area contributed by atoms with Crippen molar-refractivity contribution in [3.8, 4) is 17.6 Å². The Morgan fingerprint density at radius 3 is 2.66 bits per heavy atom. The number of nitrogens with one attached hydrogen (secondary N) is 3. The number of hydrogen-bond donors (Lipinski definition) is 3. The molecule has 242 valence electrons. The Morgan fingerprint density at radius 1 is 1.15 bits per heavy atom. The van der Waals surface area contributed by atoms with Crippen molar-refractivity contribution in [2.24, 2.45) is 0 Å². The number of anilines is 2. The van der Waals surface area contributed by atoms with Crippen molar-refractivity contribution in [3.63, 3.8) is 0 Å². The van der Waals surface area contributed by atoms with Gasteiger partial charge in [-0.1, -0.05) is 30.0 Å². The first-order chi connectivity index (χ1) is 22.6. The quantitative estimate of drug-likeness (QED) is 0.226. The maximum absolute atomic E-state index is 13.8. The monoisotopic (exact) mass is 651 g/mol. The highest BCUT2D eigenvalue weighted by Crippen LogP contribution is 2.51. The average Bonchev–Trinajstić information content (AvgIpc) is 3.44. The second kappa shape index (κ2) is 13.1. The van der Waals surface area contributed by atoms with E-state index in [1.165, 1.54) is 11.8 Å². The summed E-state index contributed by atoms with van der Waals surface area (Å²) in [6.45, 7) is 6.50. The van der Waals surface area contributed by atoms with Crippen LogP contribution in [0.1, 0.15) is 43.9 Å². The molecule has 3 N–H and O–H groups in total. The number of carbonyl (C=O) groups is 3. The van der Waals surface area contributed by atoms with E-state index in [-0.39, 0.29) is 29.5 Å². The van der Waals surface area contributed by atoms with Gasteiger partial charge in [0.2, 0.25) is 5.91 Å². The maximum atomic E-state index is 13.8. The molecule has 0 bridgehead atoms. The van der Waals surface area contributed by atoms with Crippen LogP contribution >= 0.6 is 11.8 Å². The molecule has 0 saturated carbocycles. The Morgan fingerprint density at radius 2 is 1.94 bits per heavy atom. The summed E-state index contributed by atoms with van der Waals surface area (Å²) in [6.07, 6.45) is 4.69. The zero-order chi connectivity index (χ0) is 33.3. The van der Waals surface area contributed by atoms with E-state index in [0.29, 0.717) is 48.1 Å². The molecule has 6 rings (SSSR count). The third-order valence-electron chi connectivity index (χ3n) is 8.71. The number of pyridine rings is 1. The van der Waals surface area contributed by atoms with Gasteiger partial charge in [-0.05, 0) is 88.7 Å². The third kappa shape index (κ3) is 6.54. The minimum atomic E-state index is -0.635. The van der Waals surface area contributed by atoms with Crippen LogP contribution < -0.4 is 25.6 Å². The molecule has 0 spiro atoms. The highest BCUT2D eigenvalue weighted by molar-refractivity contribution is 8.01. The summed E-state index contributed by atoms with van der Waals surface area (Å²) in [4.78, 5) is 48.5. The van der Waals surface area contributed by atoms with Crippen molar-refractivity contribution < 1.29 is 19.1 Å². The number of rotatable bonds is 8. The number of likely N-dealkylation sites (tertiary alicyclic amines) is 1. The van der Waals surface area contributed by atoms with Crippen molar-refractivity contribution in [1.82, 2.24) is 25.8 Å². The van der Waals surface area contributed by atoms with E-state index in [4.69, 9.17) is 4.74 Å². The van der Waals surface area contributed by atoms with Gasteiger partial charge < -0.3 is 25.6 Å². The number of nitriles is 1. The molecule has 1 fully saturated rings. The summed E-state index contributed by atoms with van der Waals surface area (Å²) in [7, 11) is 1.77. The Balaban J connectivity index is 1.17.